The second kappa shape index (κ2) is 7.40. The van der Waals surface area contributed by atoms with Gasteiger partial charge in [-0.05, 0) is 31.5 Å². The molecule has 1 atom stereocenters. The Bertz CT molecular complexity index is 807. The zero-order chi connectivity index (χ0) is 18.1. The first-order valence-electron chi connectivity index (χ1n) is 7.80. The number of fused-ring (bicyclic) bond motifs is 1. The lowest BCUT2D eigenvalue weighted by Gasteiger charge is -2.39. The SMILES string of the molecule is CCOC(=O)C1=C(C)N=C2SCCC(=O)N2[C@@H]1c1ccc(Cl)c(Cl)c1. The van der Waals surface area contributed by atoms with E-state index in [9.17, 15) is 9.59 Å². The number of rotatable bonds is 3. The molecule has 2 heterocycles. The molecule has 3 rings (SSSR count). The summed E-state index contributed by atoms with van der Waals surface area (Å²) < 4.78 is 5.20. The smallest absolute Gasteiger partial charge is 0.338 e. The molecule has 0 N–H and O–H groups in total. The molecule has 132 valence electrons. The Labute approximate surface area is 160 Å². The fourth-order valence-electron chi connectivity index (χ4n) is 2.86. The maximum atomic E-state index is 12.6. The molecule has 25 heavy (non-hydrogen) atoms. The van der Waals surface area contributed by atoms with Gasteiger partial charge in [0, 0.05) is 12.2 Å². The van der Waals surface area contributed by atoms with Gasteiger partial charge in [0.25, 0.3) is 0 Å². The van der Waals surface area contributed by atoms with E-state index in [4.69, 9.17) is 27.9 Å². The molecule has 2 aliphatic heterocycles. The molecule has 0 aliphatic carbocycles. The third-order valence-electron chi connectivity index (χ3n) is 3.96. The van der Waals surface area contributed by atoms with Crippen molar-refractivity contribution in [1.29, 1.82) is 0 Å². The van der Waals surface area contributed by atoms with E-state index in [2.05, 4.69) is 4.99 Å². The average Bonchev–Trinajstić information content (AvgIpc) is 2.56. The van der Waals surface area contributed by atoms with Crippen LogP contribution in [-0.2, 0) is 14.3 Å². The summed E-state index contributed by atoms with van der Waals surface area (Å²) in [4.78, 5) is 31.2. The molecule has 1 amide bonds. The lowest BCUT2D eigenvalue weighted by molar-refractivity contribution is -0.139. The van der Waals surface area contributed by atoms with Crippen LogP contribution in [0.3, 0.4) is 0 Å². The Hall–Kier alpha value is -1.50. The largest absolute Gasteiger partial charge is 0.463 e. The highest BCUT2D eigenvalue weighted by molar-refractivity contribution is 8.14. The van der Waals surface area contributed by atoms with Gasteiger partial charge in [-0.25, -0.2) is 9.79 Å². The van der Waals surface area contributed by atoms with E-state index in [1.54, 1.807) is 36.9 Å². The van der Waals surface area contributed by atoms with Gasteiger partial charge in [-0.1, -0.05) is 41.0 Å². The number of ether oxygens (including phenoxy) is 1. The van der Waals surface area contributed by atoms with Gasteiger partial charge in [-0.15, -0.1) is 0 Å². The number of hydrogen-bond acceptors (Lipinski definition) is 5. The summed E-state index contributed by atoms with van der Waals surface area (Å²) in [5.74, 6) is 0.106. The average molecular weight is 399 g/mol. The summed E-state index contributed by atoms with van der Waals surface area (Å²) in [5, 5.41) is 1.37. The normalized spacial score (nSPS) is 20.3. The van der Waals surface area contributed by atoms with E-state index in [1.165, 1.54) is 11.8 Å². The number of allylic oxidation sites excluding steroid dienone is 1. The van der Waals surface area contributed by atoms with Gasteiger partial charge in [0.1, 0.15) is 0 Å². The lowest BCUT2D eigenvalue weighted by atomic mass is 9.94. The molecule has 1 fully saturated rings. The number of aliphatic imine (C=N–C) groups is 1. The van der Waals surface area contributed by atoms with Crippen molar-refractivity contribution in [1.82, 2.24) is 4.90 Å². The Morgan fingerprint density at radius 1 is 1.40 bits per heavy atom. The standard InChI is InChI=1S/C17H16Cl2N2O3S/c1-3-24-16(23)14-9(2)20-17-21(13(22)6-7-25-17)15(14)10-4-5-11(18)12(19)8-10/h4-5,8,15H,3,6-7H2,1-2H3/t15-/m1/s1. The van der Waals surface area contributed by atoms with Crippen LogP contribution in [0.2, 0.25) is 10.0 Å². The minimum atomic E-state index is -0.624. The monoisotopic (exact) mass is 398 g/mol. The Balaban J connectivity index is 2.17. The second-order valence-corrected chi connectivity index (χ2v) is 7.43. The zero-order valence-corrected chi connectivity index (χ0v) is 16.0. The lowest BCUT2D eigenvalue weighted by Crippen LogP contribution is -2.45. The number of halogens is 2. The first kappa shape index (κ1) is 18.3. The fraction of sp³-hybridized carbons (Fsp3) is 0.353. The molecule has 0 aromatic heterocycles. The van der Waals surface area contributed by atoms with Gasteiger partial charge in [0.2, 0.25) is 5.91 Å². The molecular formula is C17H16Cl2N2O3S. The number of hydrogen-bond donors (Lipinski definition) is 0. The molecule has 0 bridgehead atoms. The maximum Gasteiger partial charge on any atom is 0.338 e. The summed E-state index contributed by atoms with van der Waals surface area (Å²) in [6, 6.07) is 4.48. The Morgan fingerprint density at radius 2 is 2.16 bits per heavy atom. The predicted molar refractivity (Wildman–Crippen MR) is 99.9 cm³/mol. The third kappa shape index (κ3) is 3.43. The topological polar surface area (TPSA) is 59.0 Å². The van der Waals surface area contributed by atoms with Crippen LogP contribution in [0.1, 0.15) is 31.9 Å². The summed E-state index contributed by atoms with van der Waals surface area (Å²) in [5.41, 5.74) is 1.59. The van der Waals surface area contributed by atoms with E-state index < -0.39 is 12.0 Å². The maximum absolute atomic E-state index is 12.6. The number of benzene rings is 1. The van der Waals surface area contributed by atoms with Crippen LogP contribution in [0, 0.1) is 0 Å². The Kier molecular flexibility index (Phi) is 5.41. The van der Waals surface area contributed by atoms with Crippen molar-refractivity contribution in [3.05, 3.63) is 45.1 Å². The Morgan fingerprint density at radius 3 is 2.84 bits per heavy atom. The van der Waals surface area contributed by atoms with Crippen LogP contribution in [0.15, 0.2) is 34.5 Å². The van der Waals surface area contributed by atoms with Gasteiger partial charge in [-0.3, -0.25) is 9.69 Å². The van der Waals surface area contributed by atoms with Crippen molar-refractivity contribution < 1.29 is 14.3 Å². The molecule has 8 heteroatoms. The van der Waals surface area contributed by atoms with E-state index >= 15 is 0 Å². The molecule has 1 aromatic rings. The number of amidine groups is 1. The first-order valence-corrected chi connectivity index (χ1v) is 9.54. The molecule has 1 saturated heterocycles. The van der Waals surface area contributed by atoms with E-state index in [0.29, 0.717) is 44.2 Å². The molecule has 0 unspecified atom stereocenters. The number of esters is 1. The minimum Gasteiger partial charge on any atom is -0.463 e. The van der Waals surface area contributed by atoms with Crippen LogP contribution in [0.4, 0.5) is 0 Å². The van der Waals surface area contributed by atoms with Crippen LogP contribution in [0.25, 0.3) is 0 Å². The van der Waals surface area contributed by atoms with Crippen molar-refractivity contribution in [2.75, 3.05) is 12.4 Å². The van der Waals surface area contributed by atoms with Crippen molar-refractivity contribution in [2.24, 2.45) is 4.99 Å². The van der Waals surface area contributed by atoms with Gasteiger partial charge in [0.05, 0.1) is 34.0 Å². The van der Waals surface area contributed by atoms with Crippen LogP contribution in [-0.4, -0.2) is 34.3 Å². The van der Waals surface area contributed by atoms with Crippen LogP contribution < -0.4 is 0 Å². The fourth-order valence-corrected chi connectivity index (χ4v) is 4.18. The minimum absolute atomic E-state index is 0.0807. The number of carbonyl (C=O) groups excluding carboxylic acids is 2. The van der Waals surface area contributed by atoms with Crippen LogP contribution >= 0.6 is 35.0 Å². The number of nitrogens with zero attached hydrogens (tertiary/aromatic N) is 2. The van der Waals surface area contributed by atoms with Gasteiger partial charge in [-0.2, -0.15) is 0 Å². The van der Waals surface area contributed by atoms with Crippen molar-refractivity contribution in [2.45, 2.75) is 26.3 Å². The summed E-state index contributed by atoms with van der Waals surface area (Å²) >= 11 is 13.7. The number of carbonyl (C=O) groups is 2. The van der Waals surface area contributed by atoms with Crippen LogP contribution in [0.5, 0.6) is 0 Å². The van der Waals surface area contributed by atoms with E-state index in [-0.39, 0.29) is 12.5 Å². The summed E-state index contributed by atoms with van der Waals surface area (Å²) in [6.07, 6.45) is 0.386. The van der Waals surface area contributed by atoms with Crippen molar-refractivity contribution in [3.63, 3.8) is 0 Å². The third-order valence-corrected chi connectivity index (χ3v) is 5.65. The molecular weight excluding hydrogens is 383 g/mol. The molecule has 0 saturated carbocycles. The van der Waals surface area contributed by atoms with Gasteiger partial charge < -0.3 is 4.74 Å². The highest BCUT2D eigenvalue weighted by atomic mass is 35.5. The van der Waals surface area contributed by atoms with Crippen molar-refractivity contribution >= 4 is 52.0 Å². The molecule has 0 radical (unpaired) electrons. The highest BCUT2D eigenvalue weighted by Crippen LogP contribution is 2.41. The summed E-state index contributed by atoms with van der Waals surface area (Å²) in [7, 11) is 0. The van der Waals surface area contributed by atoms with Gasteiger partial charge in [0.15, 0.2) is 5.17 Å². The molecule has 2 aliphatic rings. The number of thioether (sulfide) groups is 1. The zero-order valence-electron chi connectivity index (χ0n) is 13.7. The predicted octanol–water partition coefficient (Wildman–Crippen LogP) is 4.21. The molecule has 1 aromatic carbocycles. The van der Waals surface area contributed by atoms with E-state index in [0.717, 1.165) is 0 Å². The van der Waals surface area contributed by atoms with Gasteiger partial charge >= 0.3 is 5.97 Å². The highest BCUT2D eigenvalue weighted by Gasteiger charge is 2.41. The molecule has 0 spiro atoms. The van der Waals surface area contributed by atoms with Crippen molar-refractivity contribution in [3.8, 4) is 0 Å². The quantitative estimate of drug-likeness (QED) is 0.715. The van der Waals surface area contributed by atoms with E-state index in [1.807, 2.05) is 0 Å². The second-order valence-electron chi connectivity index (χ2n) is 5.55. The first-order chi connectivity index (χ1) is 11.9. The molecule has 5 nitrogen and oxygen atoms in total. The number of amides is 1. The summed E-state index contributed by atoms with van der Waals surface area (Å²) in [6.45, 7) is 3.73.